The number of pyridine rings is 1. The number of nitrogens with one attached hydrogen (secondary N) is 2. The van der Waals surface area contributed by atoms with Gasteiger partial charge < -0.3 is 19.9 Å². The van der Waals surface area contributed by atoms with Crippen molar-refractivity contribution in [2.24, 2.45) is 0 Å². The van der Waals surface area contributed by atoms with Crippen LogP contribution in [-0.2, 0) is 11.2 Å². The van der Waals surface area contributed by atoms with Gasteiger partial charge in [-0.25, -0.2) is 0 Å². The van der Waals surface area contributed by atoms with Gasteiger partial charge in [-0.15, -0.1) is 0 Å². The van der Waals surface area contributed by atoms with Crippen molar-refractivity contribution < 1.29 is 9.53 Å². The lowest BCUT2D eigenvalue weighted by Crippen LogP contribution is -2.35. The highest BCUT2D eigenvalue weighted by molar-refractivity contribution is 6.32. The Hall–Kier alpha value is -2.83. The molecular formula is C31H38ClN3O3. The first-order valence-corrected chi connectivity index (χ1v) is 14.4. The molecular weight excluding hydrogens is 498 g/mol. The first kappa shape index (κ1) is 26.8. The zero-order valence-electron chi connectivity index (χ0n) is 22.5. The molecule has 0 spiro atoms. The summed E-state index contributed by atoms with van der Waals surface area (Å²) < 4.78 is 6.49. The van der Waals surface area contributed by atoms with E-state index in [1.807, 2.05) is 36.9 Å². The number of likely N-dealkylation sites (tertiary alicyclic amines) is 1. The van der Waals surface area contributed by atoms with Gasteiger partial charge in [0.2, 0.25) is 5.91 Å². The van der Waals surface area contributed by atoms with Crippen LogP contribution >= 0.6 is 11.6 Å². The highest BCUT2D eigenvalue weighted by Crippen LogP contribution is 2.37. The van der Waals surface area contributed by atoms with Crippen molar-refractivity contribution in [1.82, 2.24) is 15.2 Å². The van der Waals surface area contributed by atoms with Crippen molar-refractivity contribution in [2.75, 3.05) is 26.2 Å². The maximum Gasteiger partial charge on any atom is 0.260 e. The van der Waals surface area contributed by atoms with Crippen LogP contribution in [-0.4, -0.2) is 48.1 Å². The number of ether oxygens (including phenoxy) is 1. The predicted molar refractivity (Wildman–Crippen MR) is 154 cm³/mol. The van der Waals surface area contributed by atoms with E-state index in [2.05, 4.69) is 16.4 Å². The van der Waals surface area contributed by atoms with Crippen molar-refractivity contribution >= 4 is 28.4 Å². The largest absolute Gasteiger partial charge is 0.492 e. The van der Waals surface area contributed by atoms with Gasteiger partial charge in [0.05, 0.1) is 17.7 Å². The number of fused-ring (bicyclic) bond motifs is 1. The number of halogens is 1. The third-order valence-corrected chi connectivity index (χ3v) is 8.19. The summed E-state index contributed by atoms with van der Waals surface area (Å²) in [4.78, 5) is 31.2. The number of benzene rings is 2. The fraction of sp³-hybridized carbons (Fsp3) is 0.484. The minimum absolute atomic E-state index is 0.174. The molecule has 2 aliphatic rings. The lowest BCUT2D eigenvalue weighted by molar-refractivity contribution is -0.130. The van der Waals surface area contributed by atoms with Crippen LogP contribution in [0, 0.1) is 13.8 Å². The smallest absolute Gasteiger partial charge is 0.260 e. The Bertz CT molecular complexity index is 1350. The molecule has 0 bridgehead atoms. The number of H-pyrrole nitrogens is 1. The molecule has 0 aliphatic carbocycles. The van der Waals surface area contributed by atoms with Gasteiger partial charge in [0.25, 0.3) is 5.56 Å². The summed E-state index contributed by atoms with van der Waals surface area (Å²) >= 11 is 6.66. The summed E-state index contributed by atoms with van der Waals surface area (Å²) in [5, 5.41) is 4.96. The van der Waals surface area contributed by atoms with Gasteiger partial charge in [0.15, 0.2) is 0 Å². The molecule has 1 atom stereocenters. The van der Waals surface area contributed by atoms with E-state index in [0.717, 1.165) is 73.0 Å². The highest BCUT2D eigenvalue weighted by atomic mass is 35.5. The summed E-state index contributed by atoms with van der Waals surface area (Å²) in [5.74, 6) is 0.765. The van der Waals surface area contributed by atoms with Crippen LogP contribution in [0.1, 0.15) is 61.6 Å². The number of aryl methyl sites for hydroxylation is 3. The van der Waals surface area contributed by atoms with E-state index in [1.54, 1.807) is 6.07 Å². The van der Waals surface area contributed by atoms with Crippen molar-refractivity contribution in [2.45, 2.75) is 71.3 Å². The second kappa shape index (κ2) is 11.9. The van der Waals surface area contributed by atoms with E-state index in [9.17, 15) is 9.59 Å². The average Bonchev–Trinajstić information content (AvgIpc) is 3.43. The van der Waals surface area contributed by atoms with Crippen molar-refractivity contribution in [3.8, 4) is 16.9 Å². The van der Waals surface area contributed by atoms with Gasteiger partial charge in [-0.05, 0) is 82.2 Å². The molecule has 0 saturated carbocycles. The maximum absolute atomic E-state index is 13.5. The number of nitrogens with zero attached hydrogens (tertiary/aromatic N) is 1. The molecule has 1 aromatic heterocycles. The lowest BCUT2D eigenvalue weighted by Gasteiger charge is -2.24. The molecule has 2 fully saturated rings. The van der Waals surface area contributed by atoms with E-state index >= 15 is 0 Å². The molecule has 1 unspecified atom stereocenters. The van der Waals surface area contributed by atoms with Gasteiger partial charge in [0, 0.05) is 36.0 Å². The second-order valence-electron chi connectivity index (χ2n) is 10.9. The Morgan fingerprint density at radius 2 is 1.82 bits per heavy atom. The first-order valence-electron chi connectivity index (χ1n) is 14.0. The monoisotopic (exact) mass is 535 g/mol. The predicted octanol–water partition coefficient (Wildman–Crippen LogP) is 5.93. The molecule has 3 aromatic rings. The Morgan fingerprint density at radius 3 is 2.53 bits per heavy atom. The van der Waals surface area contributed by atoms with Crippen LogP contribution < -0.4 is 15.6 Å². The molecule has 2 aliphatic heterocycles. The fourth-order valence-corrected chi connectivity index (χ4v) is 6.15. The normalized spacial score (nSPS) is 17.8. The summed E-state index contributed by atoms with van der Waals surface area (Å²) in [6, 6.07) is 10.4. The summed E-state index contributed by atoms with van der Waals surface area (Å²) in [6.07, 6.45) is 7.60. The van der Waals surface area contributed by atoms with E-state index in [4.69, 9.17) is 16.3 Å². The minimum Gasteiger partial charge on any atom is -0.492 e. The Morgan fingerprint density at radius 1 is 1.05 bits per heavy atom. The molecule has 1 amide bonds. The number of carbonyl (C=O) groups is 1. The molecule has 2 aromatic carbocycles. The van der Waals surface area contributed by atoms with Gasteiger partial charge in [-0.3, -0.25) is 9.59 Å². The molecule has 7 heteroatoms. The SMILES string of the molecule is Cc1cc(C)cc(-c2c(OCCC3CCCCN3)c3cc(CCC(=O)N4CCCC4)c(Cl)cc3[nH]c2=O)c1. The molecule has 2 saturated heterocycles. The van der Waals surface area contributed by atoms with Gasteiger partial charge in [-0.1, -0.05) is 47.3 Å². The Kier molecular flexibility index (Phi) is 8.39. The Balaban J connectivity index is 1.52. The van der Waals surface area contributed by atoms with Crippen LogP contribution in [0.3, 0.4) is 0 Å². The van der Waals surface area contributed by atoms with Crippen molar-refractivity contribution in [3.63, 3.8) is 0 Å². The van der Waals surface area contributed by atoms with E-state index < -0.39 is 0 Å². The maximum atomic E-state index is 13.5. The summed E-state index contributed by atoms with van der Waals surface area (Å²) in [7, 11) is 0. The molecule has 6 nitrogen and oxygen atoms in total. The number of aromatic nitrogens is 1. The molecule has 202 valence electrons. The minimum atomic E-state index is -0.193. The van der Waals surface area contributed by atoms with Crippen LogP contribution in [0.5, 0.6) is 5.75 Å². The lowest BCUT2D eigenvalue weighted by atomic mass is 9.98. The standard InChI is InChI=1S/C31H38ClN3O3/c1-20-15-21(2)17-23(16-20)29-30(38-14-10-24-7-3-4-11-33-24)25-18-22(26(32)19-27(25)34-31(29)37)8-9-28(36)35-12-5-6-13-35/h15-19,24,33H,3-14H2,1-2H3,(H,34,37). The van der Waals surface area contributed by atoms with E-state index in [-0.39, 0.29) is 11.5 Å². The number of piperidine rings is 1. The van der Waals surface area contributed by atoms with Gasteiger partial charge in [0.1, 0.15) is 5.75 Å². The van der Waals surface area contributed by atoms with Crippen LogP contribution in [0.25, 0.3) is 22.0 Å². The third-order valence-electron chi connectivity index (χ3n) is 7.84. The number of hydrogen-bond acceptors (Lipinski definition) is 4. The van der Waals surface area contributed by atoms with Crippen molar-refractivity contribution in [1.29, 1.82) is 0 Å². The number of aromatic amines is 1. The average molecular weight is 536 g/mol. The fourth-order valence-electron chi connectivity index (χ4n) is 5.89. The Labute approximate surface area is 229 Å². The van der Waals surface area contributed by atoms with Crippen LogP contribution in [0.15, 0.2) is 35.1 Å². The quantitative estimate of drug-likeness (QED) is 0.375. The molecule has 0 radical (unpaired) electrons. The summed E-state index contributed by atoms with van der Waals surface area (Å²) in [6.45, 7) is 7.33. The molecule has 2 N–H and O–H groups in total. The second-order valence-corrected chi connectivity index (χ2v) is 11.3. The zero-order valence-corrected chi connectivity index (χ0v) is 23.3. The topological polar surface area (TPSA) is 74.4 Å². The van der Waals surface area contributed by atoms with Gasteiger partial charge in [-0.2, -0.15) is 0 Å². The molecule has 5 rings (SSSR count). The number of carbonyl (C=O) groups excluding carboxylic acids is 1. The summed E-state index contributed by atoms with van der Waals surface area (Å²) in [5.41, 5.74) is 4.92. The van der Waals surface area contributed by atoms with Crippen LogP contribution in [0.4, 0.5) is 0 Å². The number of rotatable bonds is 8. The van der Waals surface area contributed by atoms with E-state index in [1.165, 1.54) is 12.8 Å². The molecule has 38 heavy (non-hydrogen) atoms. The van der Waals surface area contributed by atoms with Crippen LogP contribution in [0.2, 0.25) is 5.02 Å². The third kappa shape index (κ3) is 6.08. The first-order chi connectivity index (χ1) is 18.4. The number of amides is 1. The zero-order chi connectivity index (χ0) is 26.6. The number of hydrogen-bond donors (Lipinski definition) is 2. The van der Waals surface area contributed by atoms with Gasteiger partial charge >= 0.3 is 0 Å². The van der Waals surface area contributed by atoms with Crippen molar-refractivity contribution in [3.05, 3.63) is 62.4 Å². The highest BCUT2D eigenvalue weighted by Gasteiger charge is 2.21. The molecule has 3 heterocycles. The van der Waals surface area contributed by atoms with E-state index in [0.29, 0.717) is 47.3 Å².